The molecule has 0 aliphatic heterocycles. The molecule has 0 saturated heterocycles. The summed E-state index contributed by atoms with van der Waals surface area (Å²) in [7, 11) is 0. The highest BCUT2D eigenvalue weighted by atomic mass is 19.2. The van der Waals surface area contributed by atoms with Crippen molar-refractivity contribution in [1.82, 2.24) is 15.0 Å². The van der Waals surface area contributed by atoms with E-state index < -0.39 is 11.6 Å². The van der Waals surface area contributed by atoms with Crippen LogP contribution in [0.1, 0.15) is 0 Å². The standard InChI is InChI=1S/C8H4F2N4/c9-5-3-7-8(4-6(5)10)14(2-1-11)13-12-7/h3-4H,2H2. The molecule has 4 nitrogen and oxygen atoms in total. The quantitative estimate of drug-likeness (QED) is 0.686. The molecular weight excluding hydrogens is 190 g/mol. The molecule has 0 radical (unpaired) electrons. The molecule has 0 aliphatic carbocycles. The fourth-order valence-corrected chi connectivity index (χ4v) is 1.15. The molecule has 2 rings (SSSR count). The predicted octanol–water partition coefficient (Wildman–Crippen LogP) is 1.23. The molecule has 1 aromatic carbocycles. The molecule has 0 saturated carbocycles. The number of aromatic nitrogens is 3. The zero-order valence-electron chi connectivity index (χ0n) is 6.91. The topological polar surface area (TPSA) is 54.5 Å². The van der Waals surface area contributed by atoms with E-state index in [1.165, 1.54) is 4.68 Å². The van der Waals surface area contributed by atoms with E-state index >= 15 is 0 Å². The number of hydrogen-bond acceptors (Lipinski definition) is 3. The van der Waals surface area contributed by atoms with Crippen molar-refractivity contribution in [1.29, 1.82) is 5.26 Å². The third-order valence-corrected chi connectivity index (χ3v) is 1.78. The first kappa shape index (κ1) is 8.56. The molecule has 0 bridgehead atoms. The van der Waals surface area contributed by atoms with Crippen LogP contribution < -0.4 is 0 Å². The zero-order valence-corrected chi connectivity index (χ0v) is 6.91. The largest absolute Gasteiger partial charge is 0.230 e. The Kier molecular flexibility index (Phi) is 1.85. The maximum absolute atomic E-state index is 12.8. The Morgan fingerprint density at radius 3 is 2.79 bits per heavy atom. The maximum atomic E-state index is 12.8. The van der Waals surface area contributed by atoms with Crippen molar-refractivity contribution in [3.05, 3.63) is 23.8 Å². The monoisotopic (exact) mass is 194 g/mol. The number of benzene rings is 1. The number of nitrogens with zero attached hydrogens (tertiary/aromatic N) is 4. The van der Waals surface area contributed by atoms with Gasteiger partial charge in [0.1, 0.15) is 12.1 Å². The summed E-state index contributed by atoms with van der Waals surface area (Å²) >= 11 is 0. The van der Waals surface area contributed by atoms with Gasteiger partial charge in [0.05, 0.1) is 11.6 Å². The number of rotatable bonds is 1. The van der Waals surface area contributed by atoms with Crippen molar-refractivity contribution in [2.45, 2.75) is 6.54 Å². The Balaban J connectivity index is 2.69. The molecule has 2 aromatic rings. The lowest BCUT2D eigenvalue weighted by Gasteiger charge is -1.95. The van der Waals surface area contributed by atoms with Gasteiger partial charge in [0.15, 0.2) is 11.6 Å². The number of fused-ring (bicyclic) bond motifs is 1. The second kappa shape index (κ2) is 3.03. The van der Waals surface area contributed by atoms with Crippen molar-refractivity contribution in [2.75, 3.05) is 0 Å². The first-order chi connectivity index (χ1) is 6.72. The van der Waals surface area contributed by atoms with Gasteiger partial charge in [0, 0.05) is 12.1 Å². The normalized spacial score (nSPS) is 10.4. The minimum absolute atomic E-state index is 0.0401. The minimum Gasteiger partial charge on any atom is -0.230 e. The van der Waals surface area contributed by atoms with Gasteiger partial charge in [-0.1, -0.05) is 5.21 Å². The van der Waals surface area contributed by atoms with E-state index in [4.69, 9.17) is 5.26 Å². The van der Waals surface area contributed by atoms with Gasteiger partial charge in [-0.3, -0.25) is 0 Å². The summed E-state index contributed by atoms with van der Waals surface area (Å²) in [5.41, 5.74) is 0.546. The van der Waals surface area contributed by atoms with E-state index in [2.05, 4.69) is 10.3 Å². The first-order valence-corrected chi connectivity index (χ1v) is 3.77. The second-order valence-corrected chi connectivity index (χ2v) is 2.66. The van der Waals surface area contributed by atoms with Gasteiger partial charge in [-0.15, -0.1) is 5.10 Å². The molecule has 1 aromatic heterocycles. The van der Waals surface area contributed by atoms with E-state index in [0.717, 1.165) is 12.1 Å². The van der Waals surface area contributed by atoms with Gasteiger partial charge in [-0.05, 0) is 0 Å². The van der Waals surface area contributed by atoms with E-state index in [9.17, 15) is 8.78 Å². The van der Waals surface area contributed by atoms with Gasteiger partial charge in [-0.25, -0.2) is 13.5 Å². The molecule has 0 amide bonds. The van der Waals surface area contributed by atoms with Crippen molar-refractivity contribution >= 4 is 11.0 Å². The van der Waals surface area contributed by atoms with Crippen molar-refractivity contribution < 1.29 is 8.78 Å². The van der Waals surface area contributed by atoms with Crippen LogP contribution in [0.25, 0.3) is 11.0 Å². The molecule has 70 valence electrons. The predicted molar refractivity (Wildman–Crippen MR) is 43.1 cm³/mol. The molecule has 0 unspecified atom stereocenters. The summed E-state index contributed by atoms with van der Waals surface area (Å²) in [5, 5.41) is 15.6. The molecule has 6 heteroatoms. The summed E-state index contributed by atoms with van der Waals surface area (Å²) in [6, 6.07) is 3.76. The van der Waals surface area contributed by atoms with E-state index in [1.54, 1.807) is 0 Å². The molecule has 0 aliphatic rings. The van der Waals surface area contributed by atoms with Crippen LogP contribution in [0.4, 0.5) is 8.78 Å². The summed E-state index contributed by atoms with van der Waals surface area (Å²) in [6.45, 7) is -0.0401. The fraction of sp³-hybridized carbons (Fsp3) is 0.125. The van der Waals surface area contributed by atoms with Gasteiger partial charge in [0.2, 0.25) is 0 Å². The average Bonchev–Trinajstić information content (AvgIpc) is 2.51. The van der Waals surface area contributed by atoms with Gasteiger partial charge >= 0.3 is 0 Å². The van der Waals surface area contributed by atoms with E-state index in [1.807, 2.05) is 6.07 Å². The van der Waals surface area contributed by atoms with Crippen molar-refractivity contribution in [3.8, 4) is 6.07 Å². The van der Waals surface area contributed by atoms with E-state index in [0.29, 0.717) is 5.52 Å². The number of halogens is 2. The Morgan fingerprint density at radius 2 is 2.07 bits per heavy atom. The van der Waals surface area contributed by atoms with Crippen molar-refractivity contribution in [3.63, 3.8) is 0 Å². The summed E-state index contributed by atoms with van der Waals surface area (Å²) in [6.07, 6.45) is 0. The van der Waals surface area contributed by atoms with Gasteiger partial charge < -0.3 is 0 Å². The van der Waals surface area contributed by atoms with Crippen LogP contribution >= 0.6 is 0 Å². The molecule has 1 heterocycles. The zero-order chi connectivity index (χ0) is 10.1. The van der Waals surface area contributed by atoms with Crippen LogP contribution in [0, 0.1) is 23.0 Å². The number of nitriles is 1. The lowest BCUT2D eigenvalue weighted by atomic mass is 10.3. The first-order valence-electron chi connectivity index (χ1n) is 3.77. The third kappa shape index (κ3) is 1.19. The molecule has 0 spiro atoms. The maximum Gasteiger partial charge on any atom is 0.161 e. The average molecular weight is 194 g/mol. The Labute approximate surface area is 77.4 Å². The third-order valence-electron chi connectivity index (χ3n) is 1.78. The lowest BCUT2D eigenvalue weighted by molar-refractivity contribution is 0.510. The SMILES string of the molecule is N#CCn1nnc2cc(F)c(F)cc21. The molecule has 0 fully saturated rings. The highest BCUT2D eigenvalue weighted by Gasteiger charge is 2.09. The fourth-order valence-electron chi connectivity index (χ4n) is 1.15. The highest BCUT2D eigenvalue weighted by molar-refractivity contribution is 5.74. The van der Waals surface area contributed by atoms with Crippen LogP contribution in [0.2, 0.25) is 0 Å². The molecular formula is C8H4F2N4. The summed E-state index contributed by atoms with van der Waals surface area (Å²) in [4.78, 5) is 0. The van der Waals surface area contributed by atoms with E-state index in [-0.39, 0.29) is 12.1 Å². The Bertz CT molecular complexity index is 526. The smallest absolute Gasteiger partial charge is 0.161 e. The minimum atomic E-state index is -0.973. The Hall–Kier alpha value is -2.03. The van der Waals surface area contributed by atoms with Crippen LogP contribution in [0.15, 0.2) is 12.1 Å². The van der Waals surface area contributed by atoms with Crippen molar-refractivity contribution in [2.24, 2.45) is 0 Å². The molecule has 0 atom stereocenters. The van der Waals surface area contributed by atoms with Crippen LogP contribution in [-0.2, 0) is 6.54 Å². The summed E-state index contributed by atoms with van der Waals surface area (Å²) in [5.74, 6) is -1.94. The number of hydrogen-bond donors (Lipinski definition) is 0. The molecule has 14 heavy (non-hydrogen) atoms. The molecule has 0 N–H and O–H groups in total. The second-order valence-electron chi connectivity index (χ2n) is 2.66. The lowest BCUT2D eigenvalue weighted by Crippen LogP contribution is -1.98. The summed E-state index contributed by atoms with van der Waals surface area (Å²) < 4.78 is 26.8. The van der Waals surface area contributed by atoms with Gasteiger partial charge in [-0.2, -0.15) is 5.26 Å². The van der Waals surface area contributed by atoms with Crippen LogP contribution in [0.3, 0.4) is 0 Å². The Morgan fingerprint density at radius 1 is 1.36 bits per heavy atom. The van der Waals surface area contributed by atoms with Crippen LogP contribution in [0.5, 0.6) is 0 Å². The highest BCUT2D eigenvalue weighted by Crippen LogP contribution is 2.15. The van der Waals surface area contributed by atoms with Gasteiger partial charge in [0.25, 0.3) is 0 Å². The van der Waals surface area contributed by atoms with Crippen LogP contribution in [-0.4, -0.2) is 15.0 Å².